The van der Waals surface area contributed by atoms with E-state index in [0.29, 0.717) is 6.61 Å². The summed E-state index contributed by atoms with van der Waals surface area (Å²) in [6.07, 6.45) is 2.89. The summed E-state index contributed by atoms with van der Waals surface area (Å²) in [4.78, 5) is 5.29. The Morgan fingerprint density at radius 3 is 2.82 bits per heavy atom. The van der Waals surface area contributed by atoms with Crippen molar-refractivity contribution < 1.29 is 19.0 Å². The fourth-order valence-corrected chi connectivity index (χ4v) is 3.28. The number of thiazole rings is 1. The van der Waals surface area contributed by atoms with Crippen molar-refractivity contribution in [3.63, 3.8) is 0 Å². The summed E-state index contributed by atoms with van der Waals surface area (Å²) in [7, 11) is 0. The number of aromatic nitrogens is 1. The van der Waals surface area contributed by atoms with Crippen LogP contribution < -0.4 is 0 Å². The van der Waals surface area contributed by atoms with Crippen molar-refractivity contribution in [2.75, 3.05) is 6.61 Å². The van der Waals surface area contributed by atoms with Crippen LogP contribution in [0, 0.1) is 5.82 Å². The average molecular weight is 323 g/mol. The van der Waals surface area contributed by atoms with Gasteiger partial charge in [0.25, 0.3) is 0 Å². The van der Waals surface area contributed by atoms with E-state index in [-0.39, 0.29) is 18.7 Å². The molecule has 4 nitrogen and oxygen atoms in total. The van der Waals surface area contributed by atoms with E-state index in [2.05, 4.69) is 4.98 Å². The van der Waals surface area contributed by atoms with Gasteiger partial charge in [0.1, 0.15) is 10.8 Å². The van der Waals surface area contributed by atoms with Gasteiger partial charge in [-0.3, -0.25) is 0 Å². The van der Waals surface area contributed by atoms with Crippen LogP contribution in [0.15, 0.2) is 24.3 Å². The summed E-state index contributed by atoms with van der Waals surface area (Å²) in [6.45, 7) is 0.969. The molecule has 0 saturated carbocycles. The number of aliphatic hydroxyl groups excluding tert-OH is 1. The van der Waals surface area contributed by atoms with Gasteiger partial charge in [-0.15, -0.1) is 11.3 Å². The number of rotatable bonds is 5. The minimum absolute atomic E-state index is 0.0803. The largest absolute Gasteiger partial charge is 0.391 e. The molecular formula is C16H18FNO3S. The quantitative estimate of drug-likeness (QED) is 0.915. The van der Waals surface area contributed by atoms with Gasteiger partial charge in [0.15, 0.2) is 6.29 Å². The Hall–Kier alpha value is -1.34. The zero-order chi connectivity index (χ0) is 15.4. The van der Waals surface area contributed by atoms with E-state index in [9.17, 15) is 9.50 Å². The number of benzene rings is 1. The maximum absolute atomic E-state index is 13.0. The summed E-state index contributed by atoms with van der Waals surface area (Å²) in [5.74, 6) is -0.277. The van der Waals surface area contributed by atoms with Gasteiger partial charge in [0.05, 0.1) is 23.8 Å². The monoisotopic (exact) mass is 323 g/mol. The zero-order valence-electron chi connectivity index (χ0n) is 12.1. The first-order valence-corrected chi connectivity index (χ1v) is 8.16. The maximum Gasteiger partial charge on any atom is 0.158 e. The molecule has 22 heavy (non-hydrogen) atoms. The van der Waals surface area contributed by atoms with E-state index in [1.165, 1.54) is 23.5 Å². The predicted molar refractivity (Wildman–Crippen MR) is 81.8 cm³/mol. The number of nitrogens with zero attached hydrogens (tertiary/aromatic N) is 1. The highest BCUT2D eigenvalue weighted by atomic mass is 32.1. The van der Waals surface area contributed by atoms with Crippen molar-refractivity contribution in [1.82, 2.24) is 4.98 Å². The maximum atomic E-state index is 13.0. The van der Waals surface area contributed by atoms with Crippen LogP contribution in [0.4, 0.5) is 4.39 Å². The molecule has 3 rings (SSSR count). The average Bonchev–Trinajstić information content (AvgIpc) is 2.98. The molecule has 1 aromatic heterocycles. The molecule has 0 spiro atoms. The standard InChI is InChI=1S/C16H18FNO3S/c17-12-6-4-11(5-7-12)16-18-13(14(9-19)22-16)10-21-15-3-1-2-8-20-15/h4-7,15,19H,1-3,8-10H2. The molecular weight excluding hydrogens is 305 g/mol. The fourth-order valence-electron chi connectivity index (χ4n) is 2.35. The molecule has 1 unspecified atom stereocenters. The molecule has 0 radical (unpaired) electrons. The van der Waals surface area contributed by atoms with E-state index in [4.69, 9.17) is 9.47 Å². The Labute approximate surface area is 132 Å². The Bertz CT molecular complexity index is 608. The molecule has 1 saturated heterocycles. The number of aliphatic hydroxyl groups is 1. The SMILES string of the molecule is OCc1sc(-c2ccc(F)cc2)nc1COC1CCCCO1. The molecule has 1 N–H and O–H groups in total. The minimum atomic E-state index is -0.277. The minimum Gasteiger partial charge on any atom is -0.391 e. The van der Waals surface area contributed by atoms with Crippen LogP contribution >= 0.6 is 11.3 Å². The lowest BCUT2D eigenvalue weighted by atomic mass is 10.2. The van der Waals surface area contributed by atoms with Crippen LogP contribution in [0.1, 0.15) is 29.8 Å². The summed E-state index contributed by atoms with van der Waals surface area (Å²) < 4.78 is 24.2. The molecule has 0 aliphatic carbocycles. The number of hydrogen-bond acceptors (Lipinski definition) is 5. The van der Waals surface area contributed by atoms with E-state index >= 15 is 0 Å². The summed E-state index contributed by atoms with van der Waals surface area (Å²) in [5, 5.41) is 10.2. The first-order valence-electron chi connectivity index (χ1n) is 7.35. The molecule has 1 aliphatic rings. The molecule has 0 amide bonds. The van der Waals surface area contributed by atoms with Crippen molar-refractivity contribution in [2.45, 2.75) is 38.8 Å². The number of ether oxygens (including phenoxy) is 2. The van der Waals surface area contributed by atoms with Gasteiger partial charge in [-0.05, 0) is 43.5 Å². The fraction of sp³-hybridized carbons (Fsp3) is 0.438. The Kier molecular flexibility index (Phi) is 5.15. The molecule has 2 heterocycles. The highest BCUT2D eigenvalue weighted by molar-refractivity contribution is 7.15. The molecule has 1 atom stereocenters. The molecule has 0 bridgehead atoms. The van der Waals surface area contributed by atoms with Crippen molar-refractivity contribution in [1.29, 1.82) is 0 Å². The third-order valence-electron chi connectivity index (χ3n) is 3.56. The van der Waals surface area contributed by atoms with Crippen LogP contribution in [0.3, 0.4) is 0 Å². The molecule has 2 aromatic rings. The highest BCUT2D eigenvalue weighted by Gasteiger charge is 2.17. The van der Waals surface area contributed by atoms with Crippen LogP contribution in [0.5, 0.6) is 0 Å². The zero-order valence-corrected chi connectivity index (χ0v) is 12.9. The lowest BCUT2D eigenvalue weighted by Crippen LogP contribution is -2.22. The third-order valence-corrected chi connectivity index (χ3v) is 4.69. The summed E-state index contributed by atoms with van der Waals surface area (Å²) in [6, 6.07) is 6.18. The second-order valence-corrected chi connectivity index (χ2v) is 6.24. The lowest BCUT2D eigenvalue weighted by Gasteiger charge is -2.22. The summed E-state index contributed by atoms with van der Waals surface area (Å²) in [5.41, 5.74) is 1.56. The highest BCUT2D eigenvalue weighted by Crippen LogP contribution is 2.29. The van der Waals surface area contributed by atoms with E-state index < -0.39 is 0 Å². The topological polar surface area (TPSA) is 51.6 Å². The van der Waals surface area contributed by atoms with Crippen LogP contribution in [-0.2, 0) is 22.7 Å². The first-order chi connectivity index (χ1) is 10.8. The second kappa shape index (κ2) is 7.28. The second-order valence-electron chi connectivity index (χ2n) is 5.16. The van der Waals surface area contributed by atoms with Crippen molar-refractivity contribution >= 4 is 11.3 Å². The lowest BCUT2D eigenvalue weighted by molar-refractivity contribution is -0.169. The van der Waals surface area contributed by atoms with Gasteiger partial charge in [-0.25, -0.2) is 9.37 Å². The van der Waals surface area contributed by atoms with Crippen molar-refractivity contribution in [3.8, 4) is 10.6 Å². The van der Waals surface area contributed by atoms with Gasteiger partial charge in [0.2, 0.25) is 0 Å². The van der Waals surface area contributed by atoms with Gasteiger partial charge in [0, 0.05) is 12.2 Å². The van der Waals surface area contributed by atoms with Crippen molar-refractivity contribution in [3.05, 3.63) is 40.7 Å². The molecule has 1 aliphatic heterocycles. The first kappa shape index (κ1) is 15.6. The predicted octanol–water partition coefficient (Wildman–Crippen LogP) is 3.48. The Balaban J connectivity index is 1.72. The third kappa shape index (κ3) is 3.70. The van der Waals surface area contributed by atoms with Crippen LogP contribution in [0.2, 0.25) is 0 Å². The normalized spacial score (nSPS) is 18.5. The van der Waals surface area contributed by atoms with E-state index in [1.54, 1.807) is 12.1 Å². The molecule has 118 valence electrons. The van der Waals surface area contributed by atoms with Gasteiger partial charge >= 0.3 is 0 Å². The molecule has 1 fully saturated rings. The Morgan fingerprint density at radius 1 is 1.32 bits per heavy atom. The smallest absolute Gasteiger partial charge is 0.158 e. The number of hydrogen-bond donors (Lipinski definition) is 1. The molecule has 1 aromatic carbocycles. The Morgan fingerprint density at radius 2 is 2.14 bits per heavy atom. The summed E-state index contributed by atoms with van der Waals surface area (Å²) >= 11 is 1.40. The van der Waals surface area contributed by atoms with Crippen LogP contribution in [0.25, 0.3) is 10.6 Å². The van der Waals surface area contributed by atoms with Gasteiger partial charge < -0.3 is 14.6 Å². The van der Waals surface area contributed by atoms with Crippen LogP contribution in [-0.4, -0.2) is 23.0 Å². The number of halogens is 1. The van der Waals surface area contributed by atoms with Gasteiger partial charge in [-0.2, -0.15) is 0 Å². The molecule has 6 heteroatoms. The van der Waals surface area contributed by atoms with E-state index in [1.807, 2.05) is 0 Å². The van der Waals surface area contributed by atoms with E-state index in [0.717, 1.165) is 47.0 Å². The van der Waals surface area contributed by atoms with Gasteiger partial charge in [-0.1, -0.05) is 0 Å². The van der Waals surface area contributed by atoms with Crippen molar-refractivity contribution in [2.24, 2.45) is 0 Å².